The van der Waals surface area contributed by atoms with Crippen molar-refractivity contribution in [2.45, 2.75) is 51.7 Å². The first kappa shape index (κ1) is 16.7. The summed E-state index contributed by atoms with van der Waals surface area (Å²) in [6.07, 6.45) is 1.22. The van der Waals surface area contributed by atoms with Crippen LogP contribution in [0.15, 0.2) is 18.2 Å². The molecule has 4 heteroatoms. The van der Waals surface area contributed by atoms with Gasteiger partial charge in [0.05, 0.1) is 24.2 Å². The minimum atomic E-state index is -0.734. The van der Waals surface area contributed by atoms with Gasteiger partial charge in [0.15, 0.2) is 0 Å². The largest absolute Gasteiger partial charge is 0.494 e. The van der Waals surface area contributed by atoms with Gasteiger partial charge in [-0.25, -0.2) is 0 Å². The molecule has 0 aromatic heterocycles. The van der Waals surface area contributed by atoms with Crippen LogP contribution in [0, 0.1) is 0 Å². The molecule has 1 nitrogen and oxygen atoms in total. The van der Waals surface area contributed by atoms with Crippen molar-refractivity contribution in [3.8, 4) is 5.75 Å². The van der Waals surface area contributed by atoms with Gasteiger partial charge in [-0.05, 0) is 18.6 Å². The zero-order chi connectivity index (χ0) is 14.4. The van der Waals surface area contributed by atoms with Gasteiger partial charge in [0, 0.05) is 8.80 Å². The smallest absolute Gasteiger partial charge is 0.119 e. The van der Waals surface area contributed by atoms with Gasteiger partial charge in [-0.2, -0.15) is 0 Å². The second kappa shape index (κ2) is 8.07. The fraction of sp³-hybridized carbons (Fsp3) is 0.600. The standard InChI is InChI=1S/C15H30OSi3/c1-17(2)9-7-8-16-13-10-14(18(3)4)12-15(11-13)19(5)6/h10-12,17-19H,7-9H2,1-6H3. The van der Waals surface area contributed by atoms with Crippen molar-refractivity contribution in [3.63, 3.8) is 0 Å². The highest BCUT2D eigenvalue weighted by atomic mass is 28.3. The highest BCUT2D eigenvalue weighted by Crippen LogP contribution is 2.09. The Morgan fingerprint density at radius 3 is 1.79 bits per heavy atom. The first-order valence-corrected chi connectivity index (χ1v) is 16.6. The fourth-order valence-corrected chi connectivity index (χ4v) is 5.30. The Morgan fingerprint density at radius 2 is 1.37 bits per heavy atom. The quantitative estimate of drug-likeness (QED) is 0.555. The van der Waals surface area contributed by atoms with Crippen LogP contribution in [0.2, 0.25) is 45.3 Å². The van der Waals surface area contributed by atoms with E-state index in [-0.39, 0.29) is 0 Å². The molecule has 0 radical (unpaired) electrons. The second-order valence-electron chi connectivity index (χ2n) is 6.53. The molecule has 0 aliphatic heterocycles. The molecule has 0 unspecified atom stereocenters. The van der Waals surface area contributed by atoms with E-state index < -0.39 is 26.4 Å². The summed E-state index contributed by atoms with van der Waals surface area (Å²) in [7, 11) is -1.88. The van der Waals surface area contributed by atoms with E-state index in [4.69, 9.17) is 4.74 Å². The maximum atomic E-state index is 6.00. The van der Waals surface area contributed by atoms with Crippen LogP contribution < -0.4 is 15.1 Å². The van der Waals surface area contributed by atoms with Crippen molar-refractivity contribution in [1.82, 2.24) is 0 Å². The van der Waals surface area contributed by atoms with Crippen LogP contribution in [-0.4, -0.2) is 33.0 Å². The molecule has 108 valence electrons. The zero-order valence-corrected chi connectivity index (χ0v) is 17.0. The van der Waals surface area contributed by atoms with Gasteiger partial charge >= 0.3 is 0 Å². The normalized spacial score (nSPS) is 11.6. The van der Waals surface area contributed by atoms with Crippen molar-refractivity contribution < 1.29 is 4.74 Å². The molecule has 19 heavy (non-hydrogen) atoms. The molecule has 0 saturated carbocycles. The van der Waals surface area contributed by atoms with Gasteiger partial charge in [0.1, 0.15) is 5.75 Å². The lowest BCUT2D eigenvalue weighted by molar-refractivity contribution is 0.317. The molecule has 0 bridgehead atoms. The van der Waals surface area contributed by atoms with Crippen LogP contribution in [0.5, 0.6) is 5.75 Å². The summed E-state index contributed by atoms with van der Waals surface area (Å²) < 4.78 is 6.00. The number of ether oxygens (including phenoxy) is 1. The minimum Gasteiger partial charge on any atom is -0.494 e. The third-order valence-electron chi connectivity index (χ3n) is 3.48. The highest BCUT2D eigenvalue weighted by molar-refractivity contribution is 6.74. The van der Waals surface area contributed by atoms with E-state index in [0.717, 1.165) is 12.4 Å². The van der Waals surface area contributed by atoms with Crippen molar-refractivity contribution in [2.75, 3.05) is 6.61 Å². The van der Waals surface area contributed by atoms with Gasteiger partial charge in [-0.15, -0.1) is 0 Å². The van der Waals surface area contributed by atoms with Crippen LogP contribution in [0.25, 0.3) is 0 Å². The molecule has 0 amide bonds. The molecule has 0 fully saturated rings. The predicted molar refractivity (Wildman–Crippen MR) is 97.3 cm³/mol. The Morgan fingerprint density at radius 1 is 0.842 bits per heavy atom. The lowest BCUT2D eigenvalue weighted by Gasteiger charge is -2.14. The minimum absolute atomic E-state index is 0.414. The average Bonchev–Trinajstić information content (AvgIpc) is 2.34. The fourth-order valence-electron chi connectivity index (χ4n) is 2.08. The van der Waals surface area contributed by atoms with E-state index in [2.05, 4.69) is 57.5 Å². The summed E-state index contributed by atoms with van der Waals surface area (Å²) in [6.45, 7) is 15.3. The summed E-state index contributed by atoms with van der Waals surface area (Å²) in [4.78, 5) is 0. The number of rotatable bonds is 7. The topological polar surface area (TPSA) is 9.23 Å². The second-order valence-corrected chi connectivity index (χ2v) is 15.8. The lowest BCUT2D eigenvalue weighted by atomic mass is 10.3. The molecule has 0 aliphatic rings. The van der Waals surface area contributed by atoms with Crippen molar-refractivity contribution in [3.05, 3.63) is 18.2 Å². The van der Waals surface area contributed by atoms with E-state index in [1.807, 2.05) is 0 Å². The SMILES string of the molecule is C[SiH](C)CCCOc1cc([SiH](C)C)cc([SiH](C)C)c1. The highest BCUT2D eigenvalue weighted by Gasteiger charge is 2.09. The van der Waals surface area contributed by atoms with E-state index in [1.165, 1.54) is 12.5 Å². The maximum Gasteiger partial charge on any atom is 0.119 e. The Hall–Kier alpha value is -0.329. The Kier molecular flexibility index (Phi) is 7.10. The van der Waals surface area contributed by atoms with Gasteiger partial charge in [0.2, 0.25) is 0 Å². The lowest BCUT2D eigenvalue weighted by Crippen LogP contribution is -2.32. The molecule has 0 heterocycles. The van der Waals surface area contributed by atoms with E-state index in [9.17, 15) is 0 Å². The van der Waals surface area contributed by atoms with E-state index in [1.54, 1.807) is 10.4 Å². The molecule has 1 aromatic carbocycles. The van der Waals surface area contributed by atoms with Crippen LogP contribution in [-0.2, 0) is 0 Å². The van der Waals surface area contributed by atoms with Crippen LogP contribution in [0.3, 0.4) is 0 Å². The van der Waals surface area contributed by atoms with Gasteiger partial charge in [0.25, 0.3) is 0 Å². The van der Waals surface area contributed by atoms with Crippen LogP contribution in [0.1, 0.15) is 6.42 Å². The summed E-state index contributed by atoms with van der Waals surface area (Å²) in [5.74, 6) is 1.13. The first-order valence-electron chi connectivity index (χ1n) is 7.67. The van der Waals surface area contributed by atoms with Gasteiger partial charge < -0.3 is 4.74 Å². The van der Waals surface area contributed by atoms with Gasteiger partial charge in [-0.1, -0.05) is 61.8 Å². The van der Waals surface area contributed by atoms with Crippen molar-refractivity contribution in [1.29, 1.82) is 0 Å². The van der Waals surface area contributed by atoms with Crippen LogP contribution >= 0.6 is 0 Å². The predicted octanol–water partition coefficient (Wildman–Crippen LogP) is 2.33. The summed E-state index contributed by atoms with van der Waals surface area (Å²) in [6, 6.07) is 8.43. The molecule has 0 N–H and O–H groups in total. The molecular weight excluding hydrogens is 280 g/mol. The Balaban J connectivity index is 2.71. The number of benzene rings is 1. The number of hydrogen-bond donors (Lipinski definition) is 0. The molecular formula is C15H30OSi3. The van der Waals surface area contributed by atoms with Crippen molar-refractivity contribution >= 4 is 36.8 Å². The summed E-state index contributed by atoms with van der Waals surface area (Å²) in [5.41, 5.74) is 0. The van der Waals surface area contributed by atoms with E-state index >= 15 is 0 Å². The molecule has 0 atom stereocenters. The first-order chi connectivity index (χ1) is 8.90. The summed E-state index contributed by atoms with van der Waals surface area (Å²) >= 11 is 0. The Bertz CT molecular complexity index is 363. The van der Waals surface area contributed by atoms with E-state index in [0.29, 0.717) is 0 Å². The molecule has 0 aliphatic carbocycles. The third kappa shape index (κ3) is 6.10. The summed E-state index contributed by atoms with van der Waals surface area (Å²) in [5, 5.41) is 3.12. The van der Waals surface area contributed by atoms with Crippen LogP contribution in [0.4, 0.5) is 0 Å². The van der Waals surface area contributed by atoms with Gasteiger partial charge in [-0.3, -0.25) is 0 Å². The van der Waals surface area contributed by atoms with Crippen molar-refractivity contribution in [2.24, 2.45) is 0 Å². The zero-order valence-electron chi connectivity index (χ0n) is 13.5. The number of hydrogen-bond acceptors (Lipinski definition) is 1. The maximum absolute atomic E-state index is 6.00. The third-order valence-corrected chi connectivity index (χ3v) is 8.38. The molecule has 1 aromatic rings. The molecule has 1 rings (SSSR count). The molecule has 0 saturated heterocycles. The Labute approximate surface area is 124 Å². The average molecular weight is 311 g/mol. The molecule has 0 spiro atoms. The monoisotopic (exact) mass is 310 g/mol.